The summed E-state index contributed by atoms with van der Waals surface area (Å²) >= 11 is 0. The Kier molecular flexibility index (Phi) is 7.31. The van der Waals surface area contributed by atoms with E-state index in [0.717, 1.165) is 12.0 Å². The summed E-state index contributed by atoms with van der Waals surface area (Å²) in [5, 5.41) is 3.18. The molecule has 2 unspecified atom stereocenters. The Labute approximate surface area is 128 Å². The van der Waals surface area contributed by atoms with Crippen LogP contribution in [-0.2, 0) is 14.8 Å². The molecule has 6 heteroatoms. The fourth-order valence-corrected chi connectivity index (χ4v) is 3.59. The minimum atomic E-state index is -3.52. The van der Waals surface area contributed by atoms with E-state index in [4.69, 9.17) is 4.74 Å². The van der Waals surface area contributed by atoms with Crippen molar-refractivity contribution in [2.75, 3.05) is 20.8 Å². The standard InChI is InChI=1S/C15H26N2O3S/c1-5-13(11-20-4)17-21(18,19)14-9-7-8-12(10-14)15(6-2)16-3/h7-10,13,15-17H,5-6,11H2,1-4H3. The largest absolute Gasteiger partial charge is 0.383 e. The molecule has 120 valence electrons. The summed E-state index contributed by atoms with van der Waals surface area (Å²) in [6.45, 7) is 4.35. The van der Waals surface area contributed by atoms with Gasteiger partial charge in [0.15, 0.2) is 0 Å². The zero-order valence-corrected chi connectivity index (χ0v) is 14.0. The first-order valence-corrected chi connectivity index (χ1v) is 8.75. The number of rotatable bonds is 9. The number of ether oxygens (including phenoxy) is 1. The molecule has 0 heterocycles. The Balaban J connectivity index is 3.00. The lowest BCUT2D eigenvalue weighted by atomic mass is 10.1. The van der Waals surface area contributed by atoms with E-state index in [1.807, 2.05) is 20.0 Å². The summed E-state index contributed by atoms with van der Waals surface area (Å²) in [6.07, 6.45) is 1.58. The van der Waals surface area contributed by atoms with Crippen LogP contribution in [0, 0.1) is 0 Å². The molecule has 0 radical (unpaired) electrons. The summed E-state index contributed by atoms with van der Waals surface area (Å²) in [7, 11) is -0.0839. The normalized spacial score (nSPS) is 14.9. The van der Waals surface area contributed by atoms with E-state index < -0.39 is 10.0 Å². The van der Waals surface area contributed by atoms with Gasteiger partial charge in [-0.1, -0.05) is 26.0 Å². The van der Waals surface area contributed by atoms with Crippen LogP contribution in [0.4, 0.5) is 0 Å². The Hall–Kier alpha value is -0.950. The SMILES string of the molecule is CCC(COC)NS(=O)(=O)c1cccc(C(CC)NC)c1. The van der Waals surface area contributed by atoms with Crippen LogP contribution in [0.3, 0.4) is 0 Å². The molecule has 0 aliphatic carbocycles. The molecule has 2 N–H and O–H groups in total. The maximum Gasteiger partial charge on any atom is 0.240 e. The first-order chi connectivity index (χ1) is 9.98. The van der Waals surface area contributed by atoms with Gasteiger partial charge in [0.2, 0.25) is 10.0 Å². The van der Waals surface area contributed by atoms with Gasteiger partial charge in [0.05, 0.1) is 11.5 Å². The van der Waals surface area contributed by atoms with Crippen molar-refractivity contribution >= 4 is 10.0 Å². The minimum Gasteiger partial charge on any atom is -0.383 e. The van der Waals surface area contributed by atoms with Gasteiger partial charge in [-0.05, 0) is 37.6 Å². The molecule has 2 atom stereocenters. The molecule has 0 aliphatic heterocycles. The molecule has 0 spiro atoms. The van der Waals surface area contributed by atoms with E-state index in [1.165, 1.54) is 0 Å². The van der Waals surface area contributed by atoms with Crippen molar-refractivity contribution < 1.29 is 13.2 Å². The third-order valence-corrected chi connectivity index (χ3v) is 5.03. The summed E-state index contributed by atoms with van der Waals surface area (Å²) in [5.41, 5.74) is 0.975. The highest BCUT2D eigenvalue weighted by molar-refractivity contribution is 7.89. The fourth-order valence-electron chi connectivity index (χ4n) is 2.23. The van der Waals surface area contributed by atoms with Crippen LogP contribution >= 0.6 is 0 Å². The van der Waals surface area contributed by atoms with Gasteiger partial charge in [-0.2, -0.15) is 0 Å². The predicted octanol–water partition coefficient (Wildman–Crippen LogP) is 2.06. The lowest BCUT2D eigenvalue weighted by molar-refractivity contribution is 0.173. The molecule has 0 aromatic heterocycles. The van der Waals surface area contributed by atoms with Crippen LogP contribution in [0.5, 0.6) is 0 Å². The quantitative estimate of drug-likeness (QED) is 0.732. The van der Waals surface area contributed by atoms with Crippen molar-refractivity contribution in [1.29, 1.82) is 0 Å². The molecule has 0 saturated heterocycles. The van der Waals surface area contributed by atoms with Gasteiger partial charge in [0.1, 0.15) is 0 Å². The second kappa shape index (κ2) is 8.48. The molecule has 0 fully saturated rings. The summed E-state index contributed by atoms with van der Waals surface area (Å²) in [4.78, 5) is 0.295. The smallest absolute Gasteiger partial charge is 0.240 e. The maximum absolute atomic E-state index is 12.4. The van der Waals surface area contributed by atoms with Crippen LogP contribution in [0.25, 0.3) is 0 Å². The molecular formula is C15H26N2O3S. The number of hydrogen-bond acceptors (Lipinski definition) is 4. The van der Waals surface area contributed by atoms with Crippen molar-refractivity contribution in [1.82, 2.24) is 10.0 Å². The number of benzene rings is 1. The Morgan fingerprint density at radius 2 is 1.95 bits per heavy atom. The molecule has 5 nitrogen and oxygen atoms in total. The molecule has 1 aromatic carbocycles. The Bertz CT molecular complexity index is 527. The van der Waals surface area contributed by atoms with E-state index >= 15 is 0 Å². The van der Waals surface area contributed by atoms with E-state index in [0.29, 0.717) is 17.9 Å². The van der Waals surface area contributed by atoms with E-state index in [1.54, 1.807) is 25.3 Å². The molecule has 0 bridgehead atoms. The van der Waals surface area contributed by atoms with Gasteiger partial charge < -0.3 is 10.1 Å². The molecule has 0 amide bonds. The second-order valence-corrected chi connectivity index (χ2v) is 6.72. The lowest BCUT2D eigenvalue weighted by Gasteiger charge is -2.18. The maximum atomic E-state index is 12.4. The van der Waals surface area contributed by atoms with Crippen LogP contribution in [0.2, 0.25) is 0 Å². The zero-order chi connectivity index (χ0) is 15.9. The zero-order valence-electron chi connectivity index (χ0n) is 13.2. The second-order valence-electron chi connectivity index (χ2n) is 5.00. The Morgan fingerprint density at radius 1 is 1.24 bits per heavy atom. The first kappa shape index (κ1) is 18.1. The van der Waals surface area contributed by atoms with E-state index in [2.05, 4.69) is 17.0 Å². The van der Waals surface area contributed by atoms with Crippen molar-refractivity contribution in [2.45, 2.75) is 43.7 Å². The van der Waals surface area contributed by atoms with Gasteiger partial charge in [-0.15, -0.1) is 0 Å². The molecule has 0 saturated carbocycles. The highest BCUT2D eigenvalue weighted by atomic mass is 32.2. The summed E-state index contributed by atoms with van der Waals surface area (Å²) < 4.78 is 32.6. The fraction of sp³-hybridized carbons (Fsp3) is 0.600. The van der Waals surface area contributed by atoms with Crippen LogP contribution in [0.1, 0.15) is 38.3 Å². The number of nitrogens with one attached hydrogen (secondary N) is 2. The van der Waals surface area contributed by atoms with E-state index in [9.17, 15) is 8.42 Å². The predicted molar refractivity (Wildman–Crippen MR) is 84.8 cm³/mol. The minimum absolute atomic E-state index is 0.154. The summed E-state index contributed by atoms with van der Waals surface area (Å²) in [5.74, 6) is 0. The van der Waals surface area contributed by atoms with Crippen molar-refractivity contribution in [3.05, 3.63) is 29.8 Å². The first-order valence-electron chi connectivity index (χ1n) is 7.26. The van der Waals surface area contributed by atoms with E-state index in [-0.39, 0.29) is 12.1 Å². The van der Waals surface area contributed by atoms with Gasteiger partial charge >= 0.3 is 0 Å². The Morgan fingerprint density at radius 3 is 2.48 bits per heavy atom. The van der Waals surface area contributed by atoms with Gasteiger partial charge in [0.25, 0.3) is 0 Å². The molecular weight excluding hydrogens is 288 g/mol. The van der Waals surface area contributed by atoms with Crippen LogP contribution < -0.4 is 10.0 Å². The average molecular weight is 314 g/mol. The third kappa shape index (κ3) is 5.07. The lowest BCUT2D eigenvalue weighted by Crippen LogP contribution is -2.37. The molecule has 1 aromatic rings. The van der Waals surface area contributed by atoms with Crippen molar-refractivity contribution in [3.8, 4) is 0 Å². The van der Waals surface area contributed by atoms with Crippen molar-refractivity contribution in [3.63, 3.8) is 0 Å². The van der Waals surface area contributed by atoms with Gasteiger partial charge in [-0.3, -0.25) is 0 Å². The molecule has 21 heavy (non-hydrogen) atoms. The monoisotopic (exact) mass is 314 g/mol. The van der Waals surface area contributed by atoms with Crippen LogP contribution in [0.15, 0.2) is 29.2 Å². The molecule has 1 rings (SSSR count). The highest BCUT2D eigenvalue weighted by Crippen LogP contribution is 2.20. The number of methoxy groups -OCH3 is 1. The van der Waals surface area contributed by atoms with Crippen LogP contribution in [-0.4, -0.2) is 35.2 Å². The molecule has 0 aliphatic rings. The van der Waals surface area contributed by atoms with Crippen molar-refractivity contribution in [2.24, 2.45) is 0 Å². The van der Waals surface area contributed by atoms with Gasteiger partial charge in [-0.25, -0.2) is 13.1 Å². The average Bonchev–Trinajstić information content (AvgIpc) is 2.48. The summed E-state index contributed by atoms with van der Waals surface area (Å²) in [6, 6.07) is 7.01. The number of sulfonamides is 1. The topological polar surface area (TPSA) is 67.4 Å². The van der Waals surface area contributed by atoms with Gasteiger partial charge in [0, 0.05) is 19.2 Å². The third-order valence-electron chi connectivity index (χ3n) is 3.51. The number of hydrogen-bond donors (Lipinski definition) is 2. The highest BCUT2D eigenvalue weighted by Gasteiger charge is 2.20.